The molecule has 0 fully saturated rings. The van der Waals surface area contributed by atoms with Crippen LogP contribution in [0.3, 0.4) is 0 Å². The molecule has 3 heteroatoms. The lowest BCUT2D eigenvalue weighted by Gasteiger charge is -2.16. The molecular weight excluding hydrogens is 204 g/mol. The molecule has 0 aliphatic heterocycles. The van der Waals surface area contributed by atoms with Crippen molar-refractivity contribution in [1.82, 2.24) is 0 Å². The highest BCUT2D eigenvalue weighted by Gasteiger charge is 2.11. The van der Waals surface area contributed by atoms with E-state index in [0.717, 1.165) is 5.69 Å². The van der Waals surface area contributed by atoms with E-state index in [-0.39, 0.29) is 6.04 Å². The number of nitriles is 1. The fraction of sp³-hybridized carbons (Fsp3) is 0.417. The van der Waals surface area contributed by atoms with E-state index in [0.29, 0.717) is 5.92 Å². The minimum atomic E-state index is -0.120. The van der Waals surface area contributed by atoms with Gasteiger partial charge in [0.2, 0.25) is 0 Å². The van der Waals surface area contributed by atoms with Crippen molar-refractivity contribution in [1.29, 1.82) is 5.26 Å². The SMILES string of the molecule is CSc1ccc(NC(C#N)C(C)C)cc1. The van der Waals surface area contributed by atoms with E-state index < -0.39 is 0 Å². The third-order valence-corrected chi connectivity index (χ3v) is 2.96. The van der Waals surface area contributed by atoms with E-state index >= 15 is 0 Å². The molecule has 1 aromatic carbocycles. The van der Waals surface area contributed by atoms with Crippen LogP contribution in [0.2, 0.25) is 0 Å². The third kappa shape index (κ3) is 3.49. The Morgan fingerprint density at radius 1 is 1.27 bits per heavy atom. The Labute approximate surface area is 95.7 Å². The van der Waals surface area contributed by atoms with Gasteiger partial charge in [-0.3, -0.25) is 0 Å². The Morgan fingerprint density at radius 2 is 1.87 bits per heavy atom. The normalized spacial score (nSPS) is 12.2. The fourth-order valence-electron chi connectivity index (χ4n) is 1.21. The van der Waals surface area contributed by atoms with Crippen LogP contribution in [0.4, 0.5) is 5.69 Å². The van der Waals surface area contributed by atoms with Crippen molar-refractivity contribution in [3.05, 3.63) is 24.3 Å². The van der Waals surface area contributed by atoms with Crippen LogP contribution in [0.15, 0.2) is 29.2 Å². The first-order valence-corrected chi connectivity index (χ1v) is 6.20. The minimum Gasteiger partial charge on any atom is -0.370 e. The summed E-state index contributed by atoms with van der Waals surface area (Å²) < 4.78 is 0. The quantitative estimate of drug-likeness (QED) is 0.790. The molecule has 0 aliphatic rings. The van der Waals surface area contributed by atoms with Crippen LogP contribution in [-0.4, -0.2) is 12.3 Å². The van der Waals surface area contributed by atoms with Crippen LogP contribution in [-0.2, 0) is 0 Å². The topological polar surface area (TPSA) is 35.8 Å². The number of nitrogens with one attached hydrogen (secondary N) is 1. The molecule has 0 saturated carbocycles. The van der Waals surface area contributed by atoms with Gasteiger partial charge < -0.3 is 5.32 Å². The lowest BCUT2D eigenvalue weighted by molar-refractivity contribution is 0.609. The third-order valence-electron chi connectivity index (χ3n) is 2.22. The predicted molar refractivity (Wildman–Crippen MR) is 66.1 cm³/mol. The van der Waals surface area contributed by atoms with Crippen LogP contribution in [0.5, 0.6) is 0 Å². The van der Waals surface area contributed by atoms with Crippen LogP contribution < -0.4 is 5.32 Å². The maximum absolute atomic E-state index is 8.94. The molecule has 0 aliphatic carbocycles. The van der Waals surface area contributed by atoms with E-state index in [1.54, 1.807) is 11.8 Å². The number of thioether (sulfide) groups is 1. The smallest absolute Gasteiger partial charge is 0.116 e. The molecule has 0 spiro atoms. The highest BCUT2D eigenvalue weighted by Crippen LogP contribution is 2.18. The fourth-order valence-corrected chi connectivity index (χ4v) is 1.62. The average molecular weight is 220 g/mol. The monoisotopic (exact) mass is 220 g/mol. The van der Waals surface area contributed by atoms with Gasteiger partial charge in [0.15, 0.2) is 0 Å². The first-order chi connectivity index (χ1) is 7.17. The highest BCUT2D eigenvalue weighted by molar-refractivity contribution is 7.98. The summed E-state index contributed by atoms with van der Waals surface area (Å²) in [4.78, 5) is 1.23. The summed E-state index contributed by atoms with van der Waals surface area (Å²) >= 11 is 1.72. The average Bonchev–Trinajstić information content (AvgIpc) is 2.26. The number of hydrogen-bond donors (Lipinski definition) is 1. The van der Waals surface area contributed by atoms with Crippen LogP contribution in [0, 0.1) is 17.2 Å². The van der Waals surface area contributed by atoms with Crippen molar-refractivity contribution in [3.63, 3.8) is 0 Å². The maximum Gasteiger partial charge on any atom is 0.116 e. The Hall–Kier alpha value is -1.14. The molecule has 0 bridgehead atoms. The predicted octanol–water partition coefficient (Wildman–Crippen LogP) is 3.37. The molecule has 0 radical (unpaired) electrons. The summed E-state index contributed by atoms with van der Waals surface area (Å²) in [5.74, 6) is 0.315. The first kappa shape index (κ1) is 11.9. The number of nitrogens with zero attached hydrogens (tertiary/aromatic N) is 1. The molecule has 2 nitrogen and oxygen atoms in total. The summed E-state index contributed by atoms with van der Waals surface area (Å²) in [7, 11) is 0. The van der Waals surface area contributed by atoms with Gasteiger partial charge in [-0.25, -0.2) is 0 Å². The Morgan fingerprint density at radius 3 is 2.27 bits per heavy atom. The van der Waals surface area contributed by atoms with Crippen molar-refractivity contribution >= 4 is 17.4 Å². The molecular formula is C12H16N2S. The first-order valence-electron chi connectivity index (χ1n) is 4.97. The van der Waals surface area contributed by atoms with Crippen LogP contribution in [0.25, 0.3) is 0 Å². The second kappa shape index (κ2) is 5.67. The molecule has 1 atom stereocenters. The van der Waals surface area contributed by atoms with Crippen molar-refractivity contribution < 1.29 is 0 Å². The zero-order valence-corrected chi connectivity index (χ0v) is 10.1. The van der Waals surface area contributed by atoms with Gasteiger partial charge in [0.1, 0.15) is 6.04 Å². The van der Waals surface area contributed by atoms with Crippen molar-refractivity contribution in [2.24, 2.45) is 5.92 Å². The van der Waals surface area contributed by atoms with E-state index in [9.17, 15) is 0 Å². The van der Waals surface area contributed by atoms with Crippen molar-refractivity contribution in [2.75, 3.05) is 11.6 Å². The Kier molecular flexibility index (Phi) is 4.51. The molecule has 0 aromatic heterocycles. The molecule has 15 heavy (non-hydrogen) atoms. The minimum absolute atomic E-state index is 0.120. The molecule has 1 unspecified atom stereocenters. The van der Waals surface area contributed by atoms with Crippen molar-refractivity contribution in [2.45, 2.75) is 24.8 Å². The van der Waals surface area contributed by atoms with E-state index in [1.807, 2.05) is 26.0 Å². The zero-order valence-electron chi connectivity index (χ0n) is 9.32. The molecule has 1 rings (SSSR count). The van der Waals surface area contributed by atoms with Gasteiger partial charge in [-0.2, -0.15) is 5.26 Å². The van der Waals surface area contributed by atoms with E-state index in [4.69, 9.17) is 5.26 Å². The number of benzene rings is 1. The van der Waals surface area contributed by atoms with Gasteiger partial charge in [0.05, 0.1) is 6.07 Å². The molecule has 0 heterocycles. The van der Waals surface area contributed by atoms with Gasteiger partial charge in [0, 0.05) is 10.6 Å². The van der Waals surface area contributed by atoms with Crippen molar-refractivity contribution in [3.8, 4) is 6.07 Å². The van der Waals surface area contributed by atoms with Gasteiger partial charge in [-0.15, -0.1) is 11.8 Å². The molecule has 0 saturated heterocycles. The maximum atomic E-state index is 8.94. The standard InChI is InChI=1S/C12H16N2S/c1-9(2)12(8-13)14-10-4-6-11(15-3)7-5-10/h4-7,9,12,14H,1-3H3. The molecule has 0 amide bonds. The van der Waals surface area contributed by atoms with Gasteiger partial charge in [-0.05, 0) is 36.4 Å². The molecule has 1 N–H and O–H groups in total. The largest absolute Gasteiger partial charge is 0.370 e. The summed E-state index contributed by atoms with van der Waals surface area (Å²) in [6.45, 7) is 4.08. The summed E-state index contributed by atoms with van der Waals surface area (Å²) in [5.41, 5.74) is 1.01. The molecule has 1 aromatic rings. The zero-order chi connectivity index (χ0) is 11.3. The number of rotatable bonds is 4. The number of anilines is 1. The Balaban J connectivity index is 2.68. The lowest BCUT2D eigenvalue weighted by Crippen LogP contribution is -2.23. The van der Waals surface area contributed by atoms with Gasteiger partial charge in [-0.1, -0.05) is 13.8 Å². The summed E-state index contributed by atoms with van der Waals surface area (Å²) in [6.07, 6.45) is 2.05. The van der Waals surface area contributed by atoms with E-state index in [1.165, 1.54) is 4.90 Å². The lowest BCUT2D eigenvalue weighted by atomic mass is 10.1. The Bertz CT molecular complexity index is 338. The van der Waals surface area contributed by atoms with Crippen LogP contribution in [0.1, 0.15) is 13.8 Å². The highest BCUT2D eigenvalue weighted by atomic mass is 32.2. The number of hydrogen-bond acceptors (Lipinski definition) is 3. The molecule has 80 valence electrons. The summed E-state index contributed by atoms with van der Waals surface area (Å²) in [5, 5.41) is 12.2. The van der Waals surface area contributed by atoms with Gasteiger partial charge >= 0.3 is 0 Å². The second-order valence-corrected chi connectivity index (χ2v) is 4.60. The van der Waals surface area contributed by atoms with E-state index in [2.05, 4.69) is 29.8 Å². The second-order valence-electron chi connectivity index (χ2n) is 3.72. The van der Waals surface area contributed by atoms with Crippen LogP contribution >= 0.6 is 11.8 Å². The summed E-state index contributed by atoms with van der Waals surface area (Å²) in [6, 6.07) is 10.3. The van der Waals surface area contributed by atoms with Gasteiger partial charge in [0.25, 0.3) is 0 Å².